The quantitative estimate of drug-likeness (QED) is 0.218. The van der Waals surface area contributed by atoms with Crippen LogP contribution in [0.4, 0.5) is 23.7 Å². The summed E-state index contributed by atoms with van der Waals surface area (Å²) in [5.74, 6) is 1.11. The predicted molar refractivity (Wildman–Crippen MR) is 168 cm³/mol. The molecule has 44 heavy (non-hydrogen) atoms. The molecule has 2 heterocycles. The molecule has 5 rings (SSSR count). The van der Waals surface area contributed by atoms with Crippen LogP contribution in [-0.2, 0) is 6.42 Å². The van der Waals surface area contributed by atoms with Crippen molar-refractivity contribution in [1.82, 2.24) is 20.1 Å². The Balaban J connectivity index is 1.20. The molecule has 3 aromatic carbocycles. The molecule has 1 saturated heterocycles. The van der Waals surface area contributed by atoms with Crippen molar-refractivity contribution >= 4 is 28.6 Å². The highest BCUT2D eigenvalue weighted by Gasteiger charge is 2.31. The Morgan fingerprint density at radius 2 is 1.84 bits per heavy atom. The third-order valence-corrected chi connectivity index (χ3v) is 8.35. The lowest BCUT2D eigenvalue weighted by atomic mass is 10.00. The van der Waals surface area contributed by atoms with Gasteiger partial charge in [-0.1, -0.05) is 68.1 Å². The number of carbonyl (C=O) groups excluding carboxylic acids is 1. The van der Waals surface area contributed by atoms with Gasteiger partial charge in [0.05, 0.1) is 5.69 Å². The Kier molecular flexibility index (Phi) is 9.58. The number of hydrogen-bond acceptors (Lipinski definition) is 5. The van der Waals surface area contributed by atoms with Crippen LogP contribution in [0.1, 0.15) is 44.2 Å². The summed E-state index contributed by atoms with van der Waals surface area (Å²) in [4.78, 5) is 23.9. The Hall–Kier alpha value is -4.32. The van der Waals surface area contributed by atoms with Crippen molar-refractivity contribution in [2.24, 2.45) is 4.99 Å². The molecule has 230 valence electrons. The van der Waals surface area contributed by atoms with E-state index < -0.39 is 6.36 Å². The first-order chi connectivity index (χ1) is 21.1. The Labute approximate surface area is 258 Å². The van der Waals surface area contributed by atoms with Crippen molar-refractivity contribution in [3.63, 3.8) is 0 Å². The lowest BCUT2D eigenvalue weighted by Crippen LogP contribution is -2.42. The summed E-state index contributed by atoms with van der Waals surface area (Å²) in [6.45, 7) is 6.74. The number of hydrogen-bond donors (Lipinski definition) is 1. The first-order valence-corrected chi connectivity index (χ1v) is 15.3. The molecule has 2 atom stereocenters. The number of alkyl halides is 3. The van der Waals surface area contributed by atoms with Gasteiger partial charge in [-0.05, 0) is 67.1 Å². The number of nitrogens with zero attached hydrogens (tertiary/aromatic N) is 5. The number of anilines is 1. The van der Waals surface area contributed by atoms with E-state index in [1.165, 1.54) is 40.8 Å². The van der Waals surface area contributed by atoms with E-state index in [1.807, 2.05) is 43.3 Å². The molecule has 1 aromatic heterocycles. The van der Waals surface area contributed by atoms with Crippen molar-refractivity contribution in [1.29, 1.82) is 0 Å². The van der Waals surface area contributed by atoms with Crippen LogP contribution in [0.25, 0.3) is 17.1 Å². The van der Waals surface area contributed by atoms with Crippen LogP contribution in [0.3, 0.4) is 0 Å². The minimum atomic E-state index is -4.75. The van der Waals surface area contributed by atoms with Gasteiger partial charge in [-0.15, -0.1) is 18.3 Å². The van der Waals surface area contributed by atoms with Gasteiger partial charge in [-0.3, -0.25) is 0 Å². The number of halogens is 3. The highest BCUT2D eigenvalue weighted by atomic mass is 32.2. The number of thioether (sulfide) groups is 1. The fourth-order valence-corrected chi connectivity index (χ4v) is 6.15. The molecule has 2 amide bonds. The number of carbonyl (C=O) groups is 1. The second kappa shape index (κ2) is 13.5. The summed E-state index contributed by atoms with van der Waals surface area (Å²) in [5.41, 5.74) is 4.68. The van der Waals surface area contributed by atoms with Gasteiger partial charge in [0.2, 0.25) is 0 Å². The lowest BCUT2D eigenvalue weighted by molar-refractivity contribution is -0.274. The number of urea groups is 1. The third-order valence-electron chi connectivity index (χ3n) is 7.37. The van der Waals surface area contributed by atoms with Crippen LogP contribution in [-0.4, -0.2) is 50.7 Å². The van der Waals surface area contributed by atoms with Gasteiger partial charge in [0.15, 0.2) is 11.0 Å². The molecule has 0 bridgehead atoms. The van der Waals surface area contributed by atoms with Crippen molar-refractivity contribution in [3.05, 3.63) is 90.3 Å². The monoisotopic (exact) mass is 622 g/mol. The molecule has 1 aliphatic heterocycles. The molecule has 1 aliphatic rings. The van der Waals surface area contributed by atoms with Gasteiger partial charge in [-0.2, -0.15) is 4.99 Å². The SMILES string of the molecule is CCc1ccccc1N1/C(=N/C(=O)NCC(C)c2ccc(-c3ncn(-c4ccc(OC(F)(F)F)cc4)n3)cc2)SCCC1C. The zero-order valence-electron chi connectivity index (χ0n) is 24.6. The van der Waals surface area contributed by atoms with Gasteiger partial charge < -0.3 is 15.0 Å². The largest absolute Gasteiger partial charge is 0.573 e. The first-order valence-electron chi connectivity index (χ1n) is 14.4. The van der Waals surface area contributed by atoms with Crippen LogP contribution in [0.5, 0.6) is 5.75 Å². The lowest BCUT2D eigenvalue weighted by Gasteiger charge is -2.36. The zero-order valence-corrected chi connectivity index (χ0v) is 25.4. The van der Waals surface area contributed by atoms with Gasteiger partial charge in [0.25, 0.3) is 0 Å². The summed E-state index contributed by atoms with van der Waals surface area (Å²) in [6.07, 6.45) is -1.34. The van der Waals surface area contributed by atoms with E-state index in [-0.39, 0.29) is 23.7 Å². The number of aryl methyl sites for hydroxylation is 1. The molecular weight excluding hydrogens is 589 g/mol. The first kappa shape index (κ1) is 31.1. The molecule has 1 fully saturated rings. The van der Waals surface area contributed by atoms with E-state index in [1.54, 1.807) is 11.8 Å². The summed E-state index contributed by atoms with van der Waals surface area (Å²) in [7, 11) is 0. The molecule has 0 spiro atoms. The highest BCUT2D eigenvalue weighted by molar-refractivity contribution is 8.14. The minimum Gasteiger partial charge on any atom is -0.406 e. The van der Waals surface area contributed by atoms with Crippen molar-refractivity contribution in [2.45, 2.75) is 51.9 Å². The van der Waals surface area contributed by atoms with Crippen molar-refractivity contribution in [2.75, 3.05) is 17.2 Å². The fraction of sp³-hybridized carbons (Fsp3) is 0.312. The van der Waals surface area contributed by atoms with Gasteiger partial charge in [-0.25, -0.2) is 14.5 Å². The number of amides is 2. The van der Waals surface area contributed by atoms with E-state index in [2.05, 4.69) is 56.0 Å². The van der Waals surface area contributed by atoms with E-state index in [9.17, 15) is 18.0 Å². The van der Waals surface area contributed by atoms with Gasteiger partial charge in [0.1, 0.15) is 12.1 Å². The normalized spacial score (nSPS) is 17.0. The fourth-order valence-electron chi connectivity index (χ4n) is 4.95. The predicted octanol–water partition coefficient (Wildman–Crippen LogP) is 7.60. The van der Waals surface area contributed by atoms with Crippen LogP contribution >= 0.6 is 11.8 Å². The Bertz CT molecular complexity index is 1610. The minimum absolute atomic E-state index is 0.0333. The average Bonchev–Trinajstić information content (AvgIpc) is 3.50. The van der Waals surface area contributed by atoms with Gasteiger partial charge >= 0.3 is 12.4 Å². The number of aliphatic imine (C=N–C) groups is 1. The molecule has 1 N–H and O–H groups in total. The number of benzene rings is 3. The Morgan fingerprint density at radius 1 is 1.11 bits per heavy atom. The maximum Gasteiger partial charge on any atom is 0.573 e. The molecule has 4 aromatic rings. The second-order valence-electron chi connectivity index (χ2n) is 10.5. The van der Waals surface area contributed by atoms with Crippen molar-refractivity contribution in [3.8, 4) is 22.8 Å². The average molecular weight is 623 g/mol. The summed E-state index contributed by atoms with van der Waals surface area (Å²) in [5, 5.41) is 8.13. The van der Waals surface area contributed by atoms with E-state index in [4.69, 9.17) is 0 Å². The molecular formula is C32H33F3N6O2S. The number of ether oxygens (including phenoxy) is 1. The molecule has 0 aliphatic carbocycles. The van der Waals surface area contributed by atoms with Crippen LogP contribution in [0.2, 0.25) is 0 Å². The standard InChI is InChI=1S/C32H33F3N6O2S/c1-4-23-7-5-6-8-28(23)41-22(3)17-18-44-31(41)38-30(42)36-19-21(2)24-9-11-25(12-10-24)29-37-20-40(39-29)26-13-15-27(16-14-26)43-32(33,34)35/h5-16,20-22H,4,17-19H2,1-3H3,(H,36,42)/b38-31-. The molecule has 0 radical (unpaired) electrons. The smallest absolute Gasteiger partial charge is 0.406 e. The number of amidine groups is 1. The van der Waals surface area contributed by atoms with E-state index in [0.29, 0.717) is 18.1 Å². The molecule has 8 nitrogen and oxygen atoms in total. The van der Waals surface area contributed by atoms with Crippen LogP contribution in [0.15, 0.2) is 84.1 Å². The Morgan fingerprint density at radius 3 is 2.55 bits per heavy atom. The molecule has 2 unspecified atom stereocenters. The highest BCUT2D eigenvalue weighted by Crippen LogP contribution is 2.32. The van der Waals surface area contributed by atoms with Crippen molar-refractivity contribution < 1.29 is 22.7 Å². The van der Waals surface area contributed by atoms with E-state index >= 15 is 0 Å². The number of aromatic nitrogens is 3. The number of rotatable bonds is 8. The molecule has 0 saturated carbocycles. The molecule has 12 heteroatoms. The summed E-state index contributed by atoms with van der Waals surface area (Å²) >= 11 is 1.61. The second-order valence-corrected chi connectivity index (χ2v) is 11.6. The zero-order chi connectivity index (χ0) is 31.3. The third kappa shape index (κ3) is 7.60. The van der Waals surface area contributed by atoms with E-state index in [0.717, 1.165) is 40.6 Å². The number of nitrogens with one attached hydrogen (secondary N) is 1. The van der Waals surface area contributed by atoms with Crippen LogP contribution < -0.4 is 15.0 Å². The van der Waals surface area contributed by atoms with Crippen LogP contribution in [0, 0.1) is 0 Å². The topological polar surface area (TPSA) is 84.6 Å². The summed E-state index contributed by atoms with van der Waals surface area (Å²) < 4.78 is 42.7. The maximum absolute atomic E-state index is 12.9. The maximum atomic E-state index is 12.9. The summed E-state index contributed by atoms with van der Waals surface area (Å²) in [6, 6.07) is 21.3. The number of para-hydroxylation sites is 1. The van der Waals surface area contributed by atoms with Gasteiger partial charge in [0, 0.05) is 29.6 Å².